The van der Waals surface area contributed by atoms with Crippen molar-refractivity contribution in [2.45, 2.75) is 26.7 Å². The smallest absolute Gasteiger partial charge is 0.292 e. The van der Waals surface area contributed by atoms with Crippen LogP contribution in [0.1, 0.15) is 30.9 Å². The number of aryl methyl sites for hydroxylation is 1. The summed E-state index contributed by atoms with van der Waals surface area (Å²) < 4.78 is 0. The molecule has 0 radical (unpaired) electrons. The third-order valence-corrected chi connectivity index (χ3v) is 4.00. The quantitative estimate of drug-likeness (QED) is 0.340. The number of hydrogen-bond donors (Lipinski definition) is 2. The first-order chi connectivity index (χ1) is 12.8. The van der Waals surface area contributed by atoms with E-state index in [-0.39, 0.29) is 22.9 Å². The number of anilines is 2. The molecule has 0 unspecified atom stereocenters. The van der Waals surface area contributed by atoms with E-state index < -0.39 is 10.8 Å². The zero-order chi connectivity index (χ0) is 20.0. The van der Waals surface area contributed by atoms with Crippen molar-refractivity contribution in [3.8, 4) is 6.07 Å². The van der Waals surface area contributed by atoms with Gasteiger partial charge in [-0.25, -0.2) is 0 Å². The van der Waals surface area contributed by atoms with Crippen LogP contribution in [0.25, 0.3) is 0 Å². The van der Waals surface area contributed by atoms with Crippen LogP contribution in [-0.4, -0.2) is 10.8 Å². The fourth-order valence-electron chi connectivity index (χ4n) is 2.59. The Bertz CT molecular complexity index is 942. The molecule has 0 aromatic heterocycles. The maximum atomic E-state index is 12.4. The summed E-state index contributed by atoms with van der Waals surface area (Å²) in [5.74, 6) is -0.467. The number of nitro benzene ring substituents is 1. The summed E-state index contributed by atoms with van der Waals surface area (Å²) in [5, 5.41) is 25.8. The fourth-order valence-corrected chi connectivity index (χ4v) is 2.59. The summed E-state index contributed by atoms with van der Waals surface area (Å²) >= 11 is 0. The number of benzene rings is 2. The molecular weight excluding hydrogens is 344 g/mol. The van der Waals surface area contributed by atoms with Crippen molar-refractivity contribution < 1.29 is 9.72 Å². The molecule has 0 atom stereocenters. The summed E-state index contributed by atoms with van der Waals surface area (Å²) in [6, 6.07) is 13.5. The van der Waals surface area contributed by atoms with Crippen LogP contribution in [0.4, 0.5) is 17.1 Å². The van der Waals surface area contributed by atoms with E-state index in [0.29, 0.717) is 0 Å². The van der Waals surface area contributed by atoms with E-state index in [4.69, 9.17) is 0 Å². The minimum atomic E-state index is -0.723. The normalized spacial score (nSPS) is 11.0. The number of nitrogens with one attached hydrogen (secondary N) is 2. The van der Waals surface area contributed by atoms with Gasteiger partial charge in [0.15, 0.2) is 0 Å². The van der Waals surface area contributed by atoms with Crippen molar-refractivity contribution in [2.75, 3.05) is 10.6 Å². The van der Waals surface area contributed by atoms with Gasteiger partial charge in [-0.05, 0) is 30.0 Å². The van der Waals surface area contributed by atoms with Crippen molar-refractivity contribution >= 4 is 23.0 Å². The summed E-state index contributed by atoms with van der Waals surface area (Å²) in [6.45, 7) is 6.04. The number of rotatable bonds is 6. The van der Waals surface area contributed by atoms with Crippen LogP contribution in [0.2, 0.25) is 0 Å². The van der Waals surface area contributed by atoms with Gasteiger partial charge in [0.2, 0.25) is 0 Å². The SMILES string of the molecule is Cc1cccc(C(C)C)c1N/C=C(/C#N)C(=O)Nc1ccccc1[N+](=O)[O-]. The second kappa shape index (κ2) is 8.63. The van der Waals surface area contributed by atoms with E-state index >= 15 is 0 Å². The van der Waals surface area contributed by atoms with Gasteiger partial charge in [0.1, 0.15) is 17.3 Å². The number of nitro groups is 1. The minimum absolute atomic E-state index is 0.0346. The number of para-hydroxylation sites is 3. The van der Waals surface area contributed by atoms with Crippen LogP contribution >= 0.6 is 0 Å². The van der Waals surface area contributed by atoms with E-state index in [0.717, 1.165) is 16.8 Å². The summed E-state index contributed by atoms with van der Waals surface area (Å²) in [6.07, 6.45) is 1.32. The van der Waals surface area contributed by atoms with Crippen LogP contribution in [-0.2, 0) is 4.79 Å². The Morgan fingerprint density at radius 2 is 1.93 bits per heavy atom. The zero-order valence-corrected chi connectivity index (χ0v) is 15.3. The topological polar surface area (TPSA) is 108 Å². The monoisotopic (exact) mass is 364 g/mol. The van der Waals surface area contributed by atoms with E-state index in [9.17, 15) is 20.2 Å². The average molecular weight is 364 g/mol. The van der Waals surface area contributed by atoms with Crippen LogP contribution in [0, 0.1) is 28.4 Å². The molecule has 0 heterocycles. The van der Waals surface area contributed by atoms with Crippen molar-refractivity contribution in [3.05, 3.63) is 75.5 Å². The van der Waals surface area contributed by atoms with Gasteiger partial charge >= 0.3 is 0 Å². The van der Waals surface area contributed by atoms with Crippen molar-refractivity contribution in [3.63, 3.8) is 0 Å². The number of nitrogens with zero attached hydrogens (tertiary/aromatic N) is 2. The van der Waals surface area contributed by atoms with Crippen LogP contribution in [0.5, 0.6) is 0 Å². The Labute approximate surface area is 157 Å². The van der Waals surface area contributed by atoms with E-state index in [1.165, 1.54) is 24.4 Å². The fraction of sp³-hybridized carbons (Fsp3) is 0.200. The van der Waals surface area contributed by atoms with Gasteiger partial charge in [0.05, 0.1) is 4.92 Å². The summed E-state index contributed by atoms with van der Waals surface area (Å²) in [5.41, 5.74) is 2.48. The summed E-state index contributed by atoms with van der Waals surface area (Å²) in [4.78, 5) is 22.8. The molecule has 27 heavy (non-hydrogen) atoms. The molecule has 138 valence electrons. The van der Waals surface area contributed by atoms with Gasteiger partial charge in [-0.15, -0.1) is 0 Å². The third-order valence-electron chi connectivity index (χ3n) is 4.00. The van der Waals surface area contributed by atoms with Crippen LogP contribution in [0.3, 0.4) is 0 Å². The Morgan fingerprint density at radius 3 is 2.56 bits per heavy atom. The lowest BCUT2D eigenvalue weighted by atomic mass is 9.98. The van der Waals surface area contributed by atoms with Crippen molar-refractivity contribution in [1.29, 1.82) is 5.26 Å². The van der Waals surface area contributed by atoms with E-state index in [1.54, 1.807) is 6.07 Å². The predicted molar refractivity (Wildman–Crippen MR) is 104 cm³/mol. The van der Waals surface area contributed by atoms with Gasteiger partial charge in [-0.2, -0.15) is 5.26 Å². The highest BCUT2D eigenvalue weighted by Crippen LogP contribution is 2.28. The lowest BCUT2D eigenvalue weighted by molar-refractivity contribution is -0.383. The lowest BCUT2D eigenvalue weighted by Crippen LogP contribution is -2.15. The van der Waals surface area contributed by atoms with Gasteiger partial charge in [-0.1, -0.05) is 44.2 Å². The number of hydrogen-bond acceptors (Lipinski definition) is 5. The molecule has 0 aliphatic rings. The highest BCUT2D eigenvalue weighted by molar-refractivity contribution is 6.07. The zero-order valence-electron chi connectivity index (χ0n) is 15.3. The van der Waals surface area contributed by atoms with E-state index in [2.05, 4.69) is 24.5 Å². The molecule has 2 aromatic rings. The maximum absolute atomic E-state index is 12.4. The Balaban J connectivity index is 2.27. The number of carbonyl (C=O) groups excluding carboxylic acids is 1. The van der Waals surface area contributed by atoms with Gasteiger partial charge in [0, 0.05) is 18.0 Å². The van der Waals surface area contributed by atoms with Crippen molar-refractivity contribution in [1.82, 2.24) is 0 Å². The first-order valence-electron chi connectivity index (χ1n) is 8.36. The van der Waals surface area contributed by atoms with Crippen LogP contribution < -0.4 is 10.6 Å². The second-order valence-corrected chi connectivity index (χ2v) is 6.24. The maximum Gasteiger partial charge on any atom is 0.292 e. The molecule has 7 heteroatoms. The number of nitriles is 1. The Hall–Kier alpha value is -3.66. The molecule has 0 bridgehead atoms. The van der Waals surface area contributed by atoms with E-state index in [1.807, 2.05) is 31.2 Å². The highest BCUT2D eigenvalue weighted by atomic mass is 16.6. The molecule has 2 aromatic carbocycles. The third kappa shape index (κ3) is 4.70. The first kappa shape index (κ1) is 19.7. The number of amides is 1. The molecule has 1 amide bonds. The Kier molecular flexibility index (Phi) is 6.28. The van der Waals surface area contributed by atoms with Gasteiger partial charge < -0.3 is 10.6 Å². The summed E-state index contributed by atoms with van der Waals surface area (Å²) in [7, 11) is 0. The molecule has 0 spiro atoms. The molecule has 0 saturated heterocycles. The molecule has 0 fully saturated rings. The van der Waals surface area contributed by atoms with Gasteiger partial charge in [-0.3, -0.25) is 14.9 Å². The molecule has 2 N–H and O–H groups in total. The molecule has 0 aliphatic heterocycles. The molecular formula is C20H20N4O3. The largest absolute Gasteiger partial charge is 0.360 e. The lowest BCUT2D eigenvalue weighted by Gasteiger charge is -2.15. The van der Waals surface area contributed by atoms with Crippen LogP contribution in [0.15, 0.2) is 54.2 Å². The number of carbonyl (C=O) groups is 1. The molecule has 0 saturated carbocycles. The minimum Gasteiger partial charge on any atom is -0.360 e. The standard InChI is InChI=1S/C20H20N4O3/c1-13(2)16-8-6-7-14(3)19(16)22-12-15(11-21)20(25)23-17-9-4-5-10-18(17)24(26)27/h4-10,12-13,22H,1-3H3,(H,23,25)/b15-12-. The molecule has 7 nitrogen and oxygen atoms in total. The molecule has 2 rings (SSSR count). The van der Waals surface area contributed by atoms with Gasteiger partial charge in [0.25, 0.3) is 11.6 Å². The average Bonchev–Trinajstić information content (AvgIpc) is 2.63. The predicted octanol–water partition coefficient (Wildman–Crippen LogP) is 4.48. The highest BCUT2D eigenvalue weighted by Gasteiger charge is 2.17. The second-order valence-electron chi connectivity index (χ2n) is 6.24. The Morgan fingerprint density at radius 1 is 1.22 bits per heavy atom. The first-order valence-corrected chi connectivity index (χ1v) is 8.36. The molecule has 0 aliphatic carbocycles. The van der Waals surface area contributed by atoms with Crippen molar-refractivity contribution in [2.24, 2.45) is 0 Å².